The average Bonchev–Trinajstić information content (AvgIpc) is 2.72. The van der Waals surface area contributed by atoms with Gasteiger partial charge in [0, 0.05) is 7.05 Å². The van der Waals surface area contributed by atoms with Crippen LogP contribution in [0.3, 0.4) is 0 Å². The number of aldehydes is 1. The Kier molecular flexibility index (Phi) is 4.79. The number of rotatable bonds is 3. The number of hydrogen-bond donors (Lipinski definition) is 0. The largest absolute Gasteiger partial charge is 0.444 e. The second-order valence-electron chi connectivity index (χ2n) is 5.44. The molecule has 1 aromatic rings. The van der Waals surface area contributed by atoms with E-state index >= 15 is 0 Å². The minimum Gasteiger partial charge on any atom is -0.444 e. The van der Waals surface area contributed by atoms with Gasteiger partial charge in [-0.2, -0.15) is 0 Å². The predicted molar refractivity (Wildman–Crippen MR) is 79.4 cm³/mol. The first kappa shape index (κ1) is 16.2. The highest BCUT2D eigenvalue weighted by Gasteiger charge is 2.37. The zero-order chi connectivity index (χ0) is 14.8. The third-order valence-corrected chi connectivity index (χ3v) is 4.25. The molecule has 6 heteroatoms. The smallest absolute Gasteiger partial charge is 0.411 e. The van der Waals surface area contributed by atoms with E-state index in [0.717, 1.165) is 15.6 Å². The molecule has 1 amide bonds. The van der Waals surface area contributed by atoms with Crippen LogP contribution in [0, 0.1) is 0 Å². The number of carbonyl (C=O) groups is 2. The van der Waals surface area contributed by atoms with E-state index in [0.29, 0.717) is 0 Å². The molecular formula is C13H18BrNO3S. The van der Waals surface area contributed by atoms with Gasteiger partial charge in [0.2, 0.25) is 0 Å². The molecule has 1 rings (SSSR count). The zero-order valence-corrected chi connectivity index (χ0v) is 14.1. The third kappa shape index (κ3) is 3.79. The van der Waals surface area contributed by atoms with Gasteiger partial charge in [-0.05, 0) is 60.6 Å². The Bertz CT molecular complexity index is 480. The van der Waals surface area contributed by atoms with Crippen LogP contribution in [0.2, 0.25) is 0 Å². The first-order chi connectivity index (χ1) is 8.60. The van der Waals surface area contributed by atoms with Crippen molar-refractivity contribution < 1.29 is 14.3 Å². The lowest BCUT2D eigenvalue weighted by Crippen LogP contribution is -2.48. The number of likely N-dealkylation sites (N-methyl/N-ethyl adjacent to an activating group) is 1. The molecule has 0 bridgehead atoms. The third-order valence-electron chi connectivity index (χ3n) is 2.75. The highest BCUT2D eigenvalue weighted by Crippen LogP contribution is 2.32. The maximum absolute atomic E-state index is 12.1. The van der Waals surface area contributed by atoms with E-state index in [9.17, 15) is 9.59 Å². The van der Waals surface area contributed by atoms with Crippen LogP contribution in [0.1, 0.15) is 33.3 Å². The summed E-state index contributed by atoms with van der Waals surface area (Å²) in [4.78, 5) is 24.9. The quantitative estimate of drug-likeness (QED) is 0.781. The number of carbonyl (C=O) groups excluding carboxylic acids is 2. The Labute approximate surface area is 125 Å². The number of thiophene rings is 1. The molecule has 1 atom stereocenters. The normalized spacial score (nSPS) is 14.6. The molecule has 0 fully saturated rings. The van der Waals surface area contributed by atoms with E-state index in [2.05, 4.69) is 15.9 Å². The highest BCUT2D eigenvalue weighted by molar-refractivity contribution is 9.11. The van der Waals surface area contributed by atoms with Gasteiger partial charge in [0.1, 0.15) is 17.4 Å². The van der Waals surface area contributed by atoms with Gasteiger partial charge in [-0.25, -0.2) is 4.79 Å². The molecule has 1 aromatic heterocycles. The lowest BCUT2D eigenvalue weighted by Gasteiger charge is -2.35. The van der Waals surface area contributed by atoms with Crippen molar-refractivity contribution in [1.29, 1.82) is 0 Å². The monoisotopic (exact) mass is 347 g/mol. The van der Waals surface area contributed by atoms with Crippen molar-refractivity contribution in [2.75, 3.05) is 7.05 Å². The standard InChI is InChI=1S/C13H18BrNO3S/c1-12(2,3)18-11(17)15(5)13(4,8-16)9-6-10(14)19-7-9/h6-8H,1-5H3. The van der Waals surface area contributed by atoms with Crippen molar-refractivity contribution in [3.63, 3.8) is 0 Å². The van der Waals surface area contributed by atoms with Crippen LogP contribution in [0.4, 0.5) is 4.79 Å². The molecule has 0 N–H and O–H groups in total. The van der Waals surface area contributed by atoms with E-state index in [1.165, 1.54) is 16.2 Å². The molecule has 106 valence electrons. The predicted octanol–water partition coefficient (Wildman–Crippen LogP) is 3.79. The SMILES string of the molecule is CN(C(=O)OC(C)(C)C)C(C)(C=O)c1csc(Br)c1. The summed E-state index contributed by atoms with van der Waals surface area (Å²) < 4.78 is 6.21. The topological polar surface area (TPSA) is 46.6 Å². The van der Waals surface area contributed by atoms with Crippen LogP contribution in [-0.4, -0.2) is 29.9 Å². The molecule has 1 unspecified atom stereocenters. The summed E-state index contributed by atoms with van der Waals surface area (Å²) >= 11 is 4.82. The fraction of sp³-hybridized carbons (Fsp3) is 0.538. The van der Waals surface area contributed by atoms with Gasteiger partial charge in [0.05, 0.1) is 3.79 Å². The maximum Gasteiger partial charge on any atom is 0.411 e. The second-order valence-corrected chi connectivity index (χ2v) is 7.73. The van der Waals surface area contributed by atoms with Crippen molar-refractivity contribution in [3.8, 4) is 0 Å². The fourth-order valence-electron chi connectivity index (χ4n) is 1.44. The number of halogens is 1. The second kappa shape index (κ2) is 5.63. The highest BCUT2D eigenvalue weighted by atomic mass is 79.9. The molecular weight excluding hydrogens is 330 g/mol. The first-order valence-electron chi connectivity index (χ1n) is 5.78. The molecule has 0 radical (unpaired) electrons. The molecule has 0 spiro atoms. The van der Waals surface area contributed by atoms with Crippen LogP contribution in [-0.2, 0) is 15.1 Å². The van der Waals surface area contributed by atoms with Crippen LogP contribution in [0.25, 0.3) is 0 Å². The Morgan fingerprint density at radius 1 is 1.42 bits per heavy atom. The van der Waals surface area contributed by atoms with Crippen molar-refractivity contribution >= 4 is 39.6 Å². The summed E-state index contributed by atoms with van der Waals surface area (Å²) in [5, 5.41) is 1.85. The van der Waals surface area contributed by atoms with Gasteiger partial charge in [-0.1, -0.05) is 0 Å². The molecule has 0 aliphatic carbocycles. The molecule has 4 nitrogen and oxygen atoms in total. The van der Waals surface area contributed by atoms with E-state index in [-0.39, 0.29) is 0 Å². The molecule has 0 aliphatic heterocycles. The first-order valence-corrected chi connectivity index (χ1v) is 7.45. The Morgan fingerprint density at radius 3 is 2.37 bits per heavy atom. The van der Waals surface area contributed by atoms with Gasteiger partial charge in [-0.3, -0.25) is 4.90 Å². The molecule has 19 heavy (non-hydrogen) atoms. The van der Waals surface area contributed by atoms with Gasteiger partial charge in [-0.15, -0.1) is 11.3 Å². The number of ether oxygens (including phenoxy) is 1. The molecule has 0 saturated heterocycles. The summed E-state index contributed by atoms with van der Waals surface area (Å²) in [7, 11) is 1.56. The van der Waals surface area contributed by atoms with E-state index < -0.39 is 17.2 Å². The Hall–Kier alpha value is -0.880. The van der Waals surface area contributed by atoms with Crippen molar-refractivity contribution in [3.05, 3.63) is 20.8 Å². The summed E-state index contributed by atoms with van der Waals surface area (Å²) in [6, 6.07) is 1.83. The Balaban J connectivity index is 3.02. The summed E-state index contributed by atoms with van der Waals surface area (Å²) in [5.41, 5.74) is -0.873. The van der Waals surface area contributed by atoms with Crippen molar-refractivity contribution in [2.24, 2.45) is 0 Å². The van der Waals surface area contributed by atoms with Crippen LogP contribution >= 0.6 is 27.3 Å². The van der Waals surface area contributed by atoms with Gasteiger partial charge >= 0.3 is 6.09 Å². The number of nitrogens with zero attached hydrogens (tertiary/aromatic N) is 1. The minimum absolute atomic E-state index is 0.524. The van der Waals surface area contributed by atoms with Crippen LogP contribution in [0.5, 0.6) is 0 Å². The van der Waals surface area contributed by atoms with Crippen molar-refractivity contribution in [1.82, 2.24) is 4.90 Å². The molecule has 0 aromatic carbocycles. The van der Waals surface area contributed by atoms with Crippen LogP contribution in [0.15, 0.2) is 15.2 Å². The Morgan fingerprint density at radius 2 is 2.00 bits per heavy atom. The summed E-state index contributed by atoms with van der Waals surface area (Å²) in [6.07, 6.45) is 0.232. The maximum atomic E-state index is 12.1. The lowest BCUT2D eigenvalue weighted by atomic mass is 9.95. The molecule has 0 saturated carbocycles. The zero-order valence-electron chi connectivity index (χ0n) is 11.7. The fourth-order valence-corrected chi connectivity index (χ4v) is 2.70. The van der Waals surface area contributed by atoms with E-state index in [1.54, 1.807) is 34.7 Å². The van der Waals surface area contributed by atoms with Gasteiger partial charge in [0.25, 0.3) is 0 Å². The minimum atomic E-state index is -1.04. The average molecular weight is 348 g/mol. The summed E-state index contributed by atoms with van der Waals surface area (Å²) in [5.74, 6) is 0. The number of amides is 1. The molecule has 1 heterocycles. The van der Waals surface area contributed by atoms with Gasteiger partial charge < -0.3 is 9.53 Å². The van der Waals surface area contributed by atoms with E-state index in [1.807, 2.05) is 11.4 Å². The van der Waals surface area contributed by atoms with Crippen molar-refractivity contribution in [2.45, 2.75) is 38.8 Å². The lowest BCUT2D eigenvalue weighted by molar-refractivity contribution is -0.117. The van der Waals surface area contributed by atoms with Gasteiger partial charge in [0.15, 0.2) is 0 Å². The van der Waals surface area contributed by atoms with Crippen LogP contribution < -0.4 is 0 Å². The molecule has 0 aliphatic rings. The summed E-state index contributed by atoms with van der Waals surface area (Å²) in [6.45, 7) is 7.06. The van der Waals surface area contributed by atoms with E-state index in [4.69, 9.17) is 4.74 Å². The number of hydrogen-bond acceptors (Lipinski definition) is 4.